The quantitative estimate of drug-likeness (QED) is 0.828. The normalized spacial score (nSPS) is 19.1. The van der Waals surface area contributed by atoms with E-state index in [1.54, 1.807) is 23.1 Å². The van der Waals surface area contributed by atoms with Crippen LogP contribution < -0.4 is 10.6 Å². The van der Waals surface area contributed by atoms with Crippen LogP contribution in [0.5, 0.6) is 0 Å². The number of nitrogens with one attached hydrogen (secondary N) is 2. The molecule has 0 saturated carbocycles. The standard InChI is InChI=1S/C22H26FN3O2/c1-2-24-22(28)26-15-18(12-13-20(26)16-8-4-3-5-9-16)21(27)25-14-17-10-6-7-11-19(17)23/h3-11,18,20H,2,12-15H2,1H3,(H,24,28)(H,25,27). The Labute approximate surface area is 164 Å². The fourth-order valence-corrected chi connectivity index (χ4v) is 3.65. The van der Waals surface area contributed by atoms with Crippen molar-refractivity contribution >= 4 is 11.9 Å². The summed E-state index contributed by atoms with van der Waals surface area (Å²) in [6.45, 7) is 2.89. The first-order valence-corrected chi connectivity index (χ1v) is 9.70. The van der Waals surface area contributed by atoms with Crippen LogP contribution in [0.3, 0.4) is 0 Å². The first kappa shape index (κ1) is 19.9. The third-order valence-electron chi connectivity index (χ3n) is 5.14. The van der Waals surface area contributed by atoms with Crippen LogP contribution in [-0.4, -0.2) is 29.9 Å². The van der Waals surface area contributed by atoms with Crippen molar-refractivity contribution in [3.63, 3.8) is 0 Å². The van der Waals surface area contributed by atoms with Gasteiger partial charge in [-0.2, -0.15) is 0 Å². The van der Waals surface area contributed by atoms with Crippen LogP contribution in [0.15, 0.2) is 54.6 Å². The van der Waals surface area contributed by atoms with E-state index in [1.165, 1.54) is 6.07 Å². The number of benzene rings is 2. The number of urea groups is 1. The minimum absolute atomic E-state index is 0.0524. The number of carbonyl (C=O) groups is 2. The van der Waals surface area contributed by atoms with Crippen LogP contribution in [0, 0.1) is 11.7 Å². The molecule has 6 heteroatoms. The first-order chi connectivity index (χ1) is 13.6. The summed E-state index contributed by atoms with van der Waals surface area (Å²) in [5.41, 5.74) is 1.52. The number of hydrogen-bond acceptors (Lipinski definition) is 2. The molecular weight excluding hydrogens is 357 g/mol. The van der Waals surface area contributed by atoms with Gasteiger partial charge in [-0.1, -0.05) is 48.5 Å². The highest BCUT2D eigenvalue weighted by molar-refractivity contribution is 5.81. The van der Waals surface area contributed by atoms with E-state index in [0.717, 1.165) is 5.56 Å². The van der Waals surface area contributed by atoms with Crippen molar-refractivity contribution in [2.45, 2.75) is 32.4 Å². The molecule has 0 aromatic heterocycles. The second kappa shape index (κ2) is 9.35. The molecule has 5 nitrogen and oxygen atoms in total. The Morgan fingerprint density at radius 3 is 2.46 bits per heavy atom. The molecule has 2 aromatic carbocycles. The van der Waals surface area contributed by atoms with Gasteiger partial charge in [-0.15, -0.1) is 0 Å². The van der Waals surface area contributed by atoms with Crippen LogP contribution >= 0.6 is 0 Å². The van der Waals surface area contributed by atoms with E-state index in [4.69, 9.17) is 0 Å². The molecule has 1 aliphatic rings. The summed E-state index contributed by atoms with van der Waals surface area (Å²) in [5, 5.41) is 5.66. The molecule has 2 N–H and O–H groups in total. The molecule has 28 heavy (non-hydrogen) atoms. The van der Waals surface area contributed by atoms with E-state index in [0.29, 0.717) is 31.5 Å². The van der Waals surface area contributed by atoms with Gasteiger partial charge < -0.3 is 15.5 Å². The zero-order valence-corrected chi connectivity index (χ0v) is 16.0. The summed E-state index contributed by atoms with van der Waals surface area (Å²) in [6.07, 6.45) is 1.39. The van der Waals surface area contributed by atoms with E-state index in [-0.39, 0.29) is 36.3 Å². The summed E-state index contributed by atoms with van der Waals surface area (Å²) >= 11 is 0. The highest BCUT2D eigenvalue weighted by atomic mass is 19.1. The molecule has 1 aliphatic heterocycles. The largest absolute Gasteiger partial charge is 0.352 e. The summed E-state index contributed by atoms with van der Waals surface area (Å²) in [5.74, 6) is -0.794. The second-order valence-electron chi connectivity index (χ2n) is 7.00. The number of hydrogen-bond donors (Lipinski definition) is 2. The minimum atomic E-state index is -0.334. The molecule has 2 atom stereocenters. The topological polar surface area (TPSA) is 61.4 Å². The predicted molar refractivity (Wildman–Crippen MR) is 106 cm³/mol. The Kier molecular flexibility index (Phi) is 6.63. The highest BCUT2D eigenvalue weighted by Crippen LogP contribution is 2.33. The van der Waals surface area contributed by atoms with Gasteiger partial charge >= 0.3 is 6.03 Å². The predicted octanol–water partition coefficient (Wildman–Crippen LogP) is 3.62. The fraction of sp³-hybridized carbons (Fsp3) is 0.364. The molecule has 2 unspecified atom stereocenters. The molecule has 3 amide bonds. The molecular formula is C22H26FN3O2. The van der Waals surface area contributed by atoms with Crippen LogP contribution in [-0.2, 0) is 11.3 Å². The van der Waals surface area contributed by atoms with E-state index in [9.17, 15) is 14.0 Å². The zero-order chi connectivity index (χ0) is 19.9. The van der Waals surface area contributed by atoms with Crippen LogP contribution in [0.4, 0.5) is 9.18 Å². The smallest absolute Gasteiger partial charge is 0.317 e. The lowest BCUT2D eigenvalue weighted by Crippen LogP contribution is -2.50. The Morgan fingerprint density at radius 2 is 1.75 bits per heavy atom. The number of nitrogens with zero attached hydrogens (tertiary/aromatic N) is 1. The van der Waals surface area contributed by atoms with Crippen molar-refractivity contribution in [2.24, 2.45) is 5.92 Å². The number of carbonyl (C=O) groups excluding carboxylic acids is 2. The van der Waals surface area contributed by atoms with Gasteiger partial charge in [0.2, 0.25) is 5.91 Å². The van der Waals surface area contributed by atoms with Crippen molar-refractivity contribution in [1.29, 1.82) is 0 Å². The van der Waals surface area contributed by atoms with E-state index >= 15 is 0 Å². The Bertz CT molecular complexity index is 812. The Hall–Kier alpha value is -2.89. The SMILES string of the molecule is CCNC(=O)N1CC(C(=O)NCc2ccccc2F)CCC1c1ccccc1. The van der Waals surface area contributed by atoms with Crippen molar-refractivity contribution in [1.82, 2.24) is 15.5 Å². The maximum Gasteiger partial charge on any atom is 0.317 e. The maximum atomic E-state index is 13.8. The lowest BCUT2D eigenvalue weighted by atomic mass is 9.88. The summed E-state index contributed by atoms with van der Waals surface area (Å²) in [7, 11) is 0. The van der Waals surface area contributed by atoms with Crippen molar-refractivity contribution in [2.75, 3.05) is 13.1 Å². The number of amides is 3. The maximum absolute atomic E-state index is 13.8. The van der Waals surface area contributed by atoms with Crippen LogP contribution in [0.25, 0.3) is 0 Å². The lowest BCUT2D eigenvalue weighted by Gasteiger charge is -2.39. The fourth-order valence-electron chi connectivity index (χ4n) is 3.65. The minimum Gasteiger partial charge on any atom is -0.352 e. The Morgan fingerprint density at radius 1 is 1.04 bits per heavy atom. The van der Waals surface area contributed by atoms with Gasteiger partial charge in [-0.25, -0.2) is 9.18 Å². The molecule has 0 aliphatic carbocycles. The molecule has 1 heterocycles. The number of rotatable bonds is 5. The molecule has 0 radical (unpaired) electrons. The number of halogens is 1. The molecule has 1 fully saturated rings. The molecule has 148 valence electrons. The second-order valence-corrected chi connectivity index (χ2v) is 7.00. The van der Waals surface area contributed by atoms with Gasteiger partial charge in [-0.3, -0.25) is 4.79 Å². The monoisotopic (exact) mass is 383 g/mol. The summed E-state index contributed by atoms with van der Waals surface area (Å²) in [4.78, 5) is 27.0. The molecule has 2 aromatic rings. The molecule has 0 spiro atoms. The van der Waals surface area contributed by atoms with Crippen molar-refractivity contribution in [3.8, 4) is 0 Å². The van der Waals surface area contributed by atoms with Gasteiger partial charge in [0.1, 0.15) is 5.82 Å². The first-order valence-electron chi connectivity index (χ1n) is 9.70. The van der Waals surface area contributed by atoms with E-state index < -0.39 is 0 Å². The van der Waals surface area contributed by atoms with Gasteiger partial charge in [-0.05, 0) is 31.4 Å². The van der Waals surface area contributed by atoms with Gasteiger partial charge in [0.05, 0.1) is 12.0 Å². The Balaban J connectivity index is 1.68. The van der Waals surface area contributed by atoms with Crippen molar-refractivity contribution < 1.29 is 14.0 Å². The molecule has 1 saturated heterocycles. The summed E-state index contributed by atoms with van der Waals surface area (Å²) < 4.78 is 13.8. The van der Waals surface area contributed by atoms with Gasteiger partial charge in [0, 0.05) is 25.2 Å². The van der Waals surface area contributed by atoms with Crippen LogP contribution in [0.2, 0.25) is 0 Å². The summed E-state index contributed by atoms with van der Waals surface area (Å²) in [6, 6.07) is 16.1. The van der Waals surface area contributed by atoms with E-state index in [2.05, 4.69) is 10.6 Å². The number of piperidine rings is 1. The van der Waals surface area contributed by atoms with Gasteiger partial charge in [0.25, 0.3) is 0 Å². The molecule has 0 bridgehead atoms. The zero-order valence-electron chi connectivity index (χ0n) is 16.0. The third kappa shape index (κ3) is 4.68. The third-order valence-corrected chi connectivity index (χ3v) is 5.14. The van der Waals surface area contributed by atoms with Crippen LogP contribution in [0.1, 0.15) is 36.9 Å². The average Bonchev–Trinajstić information content (AvgIpc) is 2.73. The average molecular weight is 383 g/mol. The molecule has 3 rings (SSSR count). The number of likely N-dealkylation sites (tertiary alicyclic amines) is 1. The highest BCUT2D eigenvalue weighted by Gasteiger charge is 2.35. The van der Waals surface area contributed by atoms with Gasteiger partial charge in [0.15, 0.2) is 0 Å². The lowest BCUT2D eigenvalue weighted by molar-refractivity contribution is -0.126. The van der Waals surface area contributed by atoms with Crippen molar-refractivity contribution in [3.05, 3.63) is 71.5 Å². The van der Waals surface area contributed by atoms with E-state index in [1.807, 2.05) is 37.3 Å².